The third kappa shape index (κ3) is 4.34. The van der Waals surface area contributed by atoms with Gasteiger partial charge in [-0.25, -0.2) is 4.79 Å². The van der Waals surface area contributed by atoms with Crippen molar-refractivity contribution in [3.63, 3.8) is 0 Å². The largest absolute Gasteiger partial charge is 0.463 e. The average Bonchev–Trinajstić information content (AvgIpc) is 3.48. The maximum atomic E-state index is 11.7. The highest BCUT2D eigenvalue weighted by molar-refractivity contribution is 6.00. The lowest BCUT2D eigenvalue weighted by atomic mass is 10.1. The topological polar surface area (TPSA) is 56.7 Å². The molecule has 0 spiro atoms. The summed E-state index contributed by atoms with van der Waals surface area (Å²) in [5, 5.41) is 1.10. The van der Waals surface area contributed by atoms with Crippen LogP contribution >= 0.6 is 0 Å². The Morgan fingerprint density at radius 2 is 1.64 bits per heavy atom. The molecular formula is C28H22N2O3. The van der Waals surface area contributed by atoms with Gasteiger partial charge in [-0.3, -0.25) is 4.99 Å². The number of fused-ring (bicyclic) bond motifs is 1. The van der Waals surface area contributed by atoms with Crippen LogP contribution in [0.25, 0.3) is 22.0 Å². The fraction of sp³-hybridized carbons (Fsp3) is 0.0714. The number of hydrogen-bond acceptors (Lipinski definition) is 4. The Morgan fingerprint density at radius 3 is 2.42 bits per heavy atom. The maximum absolute atomic E-state index is 11.7. The number of methoxy groups -OCH3 is 1. The predicted octanol–water partition coefficient (Wildman–Crippen LogP) is 6.49. The van der Waals surface area contributed by atoms with E-state index in [0.29, 0.717) is 12.3 Å². The summed E-state index contributed by atoms with van der Waals surface area (Å²) < 4.78 is 12.5. The molecule has 0 fully saturated rings. The summed E-state index contributed by atoms with van der Waals surface area (Å²) in [5.74, 6) is 0.394. The van der Waals surface area contributed by atoms with Gasteiger partial charge in [0.15, 0.2) is 0 Å². The Balaban J connectivity index is 1.40. The molecule has 0 radical (unpaired) electrons. The molecule has 0 N–H and O–H groups in total. The monoisotopic (exact) mass is 434 g/mol. The lowest BCUT2D eigenvalue weighted by molar-refractivity contribution is 0.0563. The van der Waals surface area contributed by atoms with Crippen molar-refractivity contribution in [2.75, 3.05) is 7.11 Å². The van der Waals surface area contributed by atoms with E-state index in [4.69, 9.17) is 14.1 Å². The quantitative estimate of drug-likeness (QED) is 0.227. The molecule has 0 amide bonds. The van der Waals surface area contributed by atoms with E-state index in [1.54, 1.807) is 12.1 Å². The van der Waals surface area contributed by atoms with Crippen LogP contribution in [0.4, 0.5) is 5.69 Å². The molecule has 0 atom stereocenters. The first-order chi connectivity index (χ1) is 16.2. The zero-order chi connectivity index (χ0) is 22.6. The number of furan rings is 1. The number of aliphatic imine (C=N–C) groups is 1. The van der Waals surface area contributed by atoms with Crippen molar-refractivity contribution >= 4 is 28.8 Å². The van der Waals surface area contributed by atoms with Gasteiger partial charge in [0, 0.05) is 28.9 Å². The molecule has 3 aromatic carbocycles. The molecule has 2 aromatic heterocycles. The molecule has 5 heteroatoms. The molecule has 2 heterocycles. The van der Waals surface area contributed by atoms with E-state index in [1.165, 1.54) is 12.7 Å². The van der Waals surface area contributed by atoms with Gasteiger partial charge >= 0.3 is 5.97 Å². The number of para-hydroxylation sites is 1. The van der Waals surface area contributed by atoms with E-state index in [1.807, 2.05) is 54.9 Å². The summed E-state index contributed by atoms with van der Waals surface area (Å²) in [7, 11) is 1.34. The van der Waals surface area contributed by atoms with Gasteiger partial charge in [0.25, 0.3) is 0 Å². The lowest BCUT2D eigenvalue weighted by Gasteiger charge is -2.02. The smallest absolute Gasteiger partial charge is 0.373 e. The normalized spacial score (nSPS) is 11.3. The number of ether oxygens (including phenoxy) is 1. The Labute approximate surface area is 191 Å². The molecule has 0 bridgehead atoms. The number of esters is 1. The second-order valence-electron chi connectivity index (χ2n) is 7.66. The number of rotatable bonds is 6. The van der Waals surface area contributed by atoms with Crippen molar-refractivity contribution < 1.29 is 13.9 Å². The summed E-state index contributed by atoms with van der Waals surface area (Å²) in [6.07, 6.45) is 3.94. The lowest BCUT2D eigenvalue weighted by Crippen LogP contribution is -1.99. The molecule has 0 unspecified atom stereocenters. The van der Waals surface area contributed by atoms with Crippen molar-refractivity contribution in [3.8, 4) is 11.1 Å². The van der Waals surface area contributed by atoms with Gasteiger partial charge in [-0.15, -0.1) is 0 Å². The Kier molecular flexibility index (Phi) is 5.60. The second kappa shape index (κ2) is 9.01. The van der Waals surface area contributed by atoms with Crippen LogP contribution in [0.5, 0.6) is 0 Å². The fourth-order valence-corrected chi connectivity index (χ4v) is 3.86. The van der Waals surface area contributed by atoms with Gasteiger partial charge in [-0.1, -0.05) is 60.7 Å². The highest BCUT2D eigenvalue weighted by atomic mass is 16.5. The second-order valence-corrected chi connectivity index (χ2v) is 7.66. The van der Waals surface area contributed by atoms with Crippen LogP contribution in [0.2, 0.25) is 0 Å². The summed E-state index contributed by atoms with van der Waals surface area (Å²) >= 11 is 0. The molecule has 5 rings (SSSR count). The van der Waals surface area contributed by atoms with Crippen LogP contribution in [-0.2, 0) is 11.3 Å². The van der Waals surface area contributed by atoms with E-state index in [-0.39, 0.29) is 5.76 Å². The number of carbonyl (C=O) groups is 1. The van der Waals surface area contributed by atoms with Gasteiger partial charge in [0.05, 0.1) is 19.3 Å². The van der Waals surface area contributed by atoms with Gasteiger partial charge in [-0.05, 0) is 41.5 Å². The SMILES string of the molecule is COC(=O)c1ccc(Cn2cc(C=Nc3ccc(-c4ccccc4)cc3)c3ccccc32)o1. The molecule has 33 heavy (non-hydrogen) atoms. The van der Waals surface area contributed by atoms with E-state index >= 15 is 0 Å². The maximum Gasteiger partial charge on any atom is 0.373 e. The van der Waals surface area contributed by atoms with E-state index in [9.17, 15) is 4.79 Å². The highest BCUT2D eigenvalue weighted by Gasteiger charge is 2.13. The van der Waals surface area contributed by atoms with Crippen LogP contribution in [-0.4, -0.2) is 23.9 Å². The predicted molar refractivity (Wildman–Crippen MR) is 130 cm³/mol. The molecule has 0 aliphatic carbocycles. The van der Waals surface area contributed by atoms with Crippen LogP contribution in [0.15, 0.2) is 107 Å². The molecule has 0 saturated heterocycles. The summed E-state index contributed by atoms with van der Waals surface area (Å²) in [6.45, 7) is 0.497. The van der Waals surface area contributed by atoms with Crippen molar-refractivity contribution in [3.05, 3.63) is 114 Å². The third-order valence-electron chi connectivity index (χ3n) is 5.52. The highest BCUT2D eigenvalue weighted by Crippen LogP contribution is 2.25. The Bertz CT molecular complexity index is 1430. The summed E-state index contributed by atoms with van der Waals surface area (Å²) in [4.78, 5) is 16.4. The number of benzene rings is 3. The number of nitrogens with zero attached hydrogens (tertiary/aromatic N) is 2. The standard InChI is InChI=1S/C28H22N2O3/c1-32-28(31)27-16-15-24(33-27)19-30-18-22(25-9-5-6-10-26(25)30)17-29-23-13-11-21(12-14-23)20-7-3-2-4-8-20/h2-18H,19H2,1H3. The van der Waals surface area contributed by atoms with Crippen LogP contribution in [0.1, 0.15) is 21.9 Å². The van der Waals surface area contributed by atoms with Crippen molar-refractivity contribution in [2.24, 2.45) is 4.99 Å². The Hall–Kier alpha value is -4.38. The first kappa shape index (κ1) is 20.5. The van der Waals surface area contributed by atoms with Crippen LogP contribution in [0, 0.1) is 0 Å². The Morgan fingerprint density at radius 1 is 0.909 bits per heavy atom. The van der Waals surface area contributed by atoms with Gasteiger partial charge in [0.2, 0.25) is 5.76 Å². The third-order valence-corrected chi connectivity index (χ3v) is 5.52. The summed E-state index contributed by atoms with van der Waals surface area (Å²) in [6, 6.07) is 30.1. The minimum atomic E-state index is -0.482. The number of aromatic nitrogens is 1. The zero-order valence-corrected chi connectivity index (χ0v) is 18.1. The number of hydrogen-bond donors (Lipinski definition) is 0. The van der Waals surface area contributed by atoms with Gasteiger partial charge in [-0.2, -0.15) is 0 Å². The van der Waals surface area contributed by atoms with Crippen LogP contribution in [0.3, 0.4) is 0 Å². The molecule has 5 nitrogen and oxygen atoms in total. The zero-order valence-electron chi connectivity index (χ0n) is 18.1. The number of carbonyl (C=O) groups excluding carboxylic acids is 1. The van der Waals surface area contributed by atoms with Crippen molar-refractivity contribution in [2.45, 2.75) is 6.54 Å². The molecule has 0 aliphatic rings. The van der Waals surface area contributed by atoms with E-state index in [2.05, 4.69) is 41.0 Å². The van der Waals surface area contributed by atoms with E-state index < -0.39 is 5.97 Å². The van der Waals surface area contributed by atoms with E-state index in [0.717, 1.165) is 27.7 Å². The fourth-order valence-electron chi connectivity index (χ4n) is 3.86. The molecule has 0 aliphatic heterocycles. The summed E-state index contributed by atoms with van der Waals surface area (Å²) in [5.41, 5.74) is 5.31. The molecule has 5 aromatic rings. The van der Waals surface area contributed by atoms with Crippen molar-refractivity contribution in [1.29, 1.82) is 0 Å². The van der Waals surface area contributed by atoms with Gasteiger partial charge < -0.3 is 13.7 Å². The van der Waals surface area contributed by atoms with Gasteiger partial charge in [0.1, 0.15) is 5.76 Å². The molecule has 0 saturated carbocycles. The minimum absolute atomic E-state index is 0.199. The first-order valence-corrected chi connectivity index (χ1v) is 10.7. The minimum Gasteiger partial charge on any atom is -0.463 e. The van der Waals surface area contributed by atoms with Crippen LogP contribution < -0.4 is 0 Å². The first-order valence-electron chi connectivity index (χ1n) is 10.7. The van der Waals surface area contributed by atoms with Crippen molar-refractivity contribution in [1.82, 2.24) is 4.57 Å². The average molecular weight is 434 g/mol. The molecule has 162 valence electrons. The molecular weight excluding hydrogens is 412 g/mol.